The maximum atomic E-state index is 5.80. The molecule has 0 amide bonds. The smallest absolute Gasteiger partial charge is 0.0483 e. The second-order valence-corrected chi connectivity index (χ2v) is 3.53. The molecule has 0 saturated carbocycles. The van der Waals surface area contributed by atoms with Gasteiger partial charge in [0, 0.05) is 18.0 Å². The molecule has 0 fully saturated rings. The molecule has 1 aromatic rings. The highest BCUT2D eigenvalue weighted by atomic mass is 35.5. The van der Waals surface area contributed by atoms with Crippen molar-refractivity contribution in [2.75, 3.05) is 6.54 Å². The molecule has 1 rings (SSSR count). The minimum absolute atomic E-state index is 0.857. The number of thiophene rings is 1. The molecule has 1 aromatic heterocycles. The molecule has 0 spiro atoms. The molecular weight excluding hydrogens is 166 g/mol. The Bertz CT molecular complexity index is 174. The van der Waals surface area contributed by atoms with Gasteiger partial charge in [-0.2, -0.15) is 0 Å². The average Bonchev–Trinajstić information content (AvgIpc) is 2.40. The Morgan fingerprint density at radius 3 is 3.00 bits per heavy atom. The lowest BCUT2D eigenvalue weighted by molar-refractivity contribution is 0.480. The van der Waals surface area contributed by atoms with Crippen molar-refractivity contribution in [1.82, 2.24) is 4.42 Å². The molecule has 1 nitrogen and oxygen atoms in total. The maximum absolute atomic E-state index is 5.80. The average molecular weight is 176 g/mol. The van der Waals surface area contributed by atoms with Crippen molar-refractivity contribution >= 4 is 23.1 Å². The summed E-state index contributed by atoms with van der Waals surface area (Å²) in [6.45, 7) is 3.79. The zero-order valence-electron chi connectivity index (χ0n) is 5.88. The van der Waals surface area contributed by atoms with E-state index in [-0.39, 0.29) is 0 Å². The second kappa shape index (κ2) is 3.96. The molecule has 1 heterocycles. The summed E-state index contributed by atoms with van der Waals surface area (Å²) < 4.78 is 1.77. The molecule has 56 valence electrons. The van der Waals surface area contributed by atoms with Crippen LogP contribution in [0, 0.1) is 0 Å². The lowest BCUT2D eigenvalue weighted by atomic mass is 10.4. The first kappa shape index (κ1) is 8.05. The van der Waals surface area contributed by atoms with Gasteiger partial charge in [0.1, 0.15) is 0 Å². The minimum Gasteiger partial charge on any atom is -0.215 e. The zero-order valence-corrected chi connectivity index (χ0v) is 7.45. The number of hydrogen-bond acceptors (Lipinski definition) is 2. The third-order valence-corrected chi connectivity index (χ3v) is 2.47. The topological polar surface area (TPSA) is 3.24 Å². The van der Waals surface area contributed by atoms with Crippen molar-refractivity contribution < 1.29 is 0 Å². The van der Waals surface area contributed by atoms with Crippen molar-refractivity contribution in [2.45, 2.75) is 13.5 Å². The number of hydrogen-bond donors (Lipinski definition) is 0. The highest BCUT2D eigenvalue weighted by molar-refractivity contribution is 7.09. The molecule has 0 aliphatic rings. The van der Waals surface area contributed by atoms with Crippen molar-refractivity contribution in [2.24, 2.45) is 0 Å². The van der Waals surface area contributed by atoms with Crippen LogP contribution in [0.25, 0.3) is 0 Å². The Morgan fingerprint density at radius 1 is 1.70 bits per heavy atom. The summed E-state index contributed by atoms with van der Waals surface area (Å²) in [7, 11) is 0. The van der Waals surface area contributed by atoms with Crippen molar-refractivity contribution in [3.63, 3.8) is 0 Å². The van der Waals surface area contributed by atoms with E-state index in [0.29, 0.717) is 0 Å². The molecule has 0 saturated heterocycles. The third kappa shape index (κ3) is 2.29. The van der Waals surface area contributed by atoms with E-state index in [2.05, 4.69) is 11.4 Å². The molecule has 0 aromatic carbocycles. The fourth-order valence-electron chi connectivity index (χ4n) is 0.683. The highest BCUT2D eigenvalue weighted by Crippen LogP contribution is 2.12. The first-order valence-corrected chi connectivity index (χ1v) is 4.48. The zero-order chi connectivity index (χ0) is 7.40. The van der Waals surface area contributed by atoms with Crippen molar-refractivity contribution in [1.29, 1.82) is 0 Å². The van der Waals surface area contributed by atoms with Crippen LogP contribution in [0.15, 0.2) is 17.5 Å². The molecule has 10 heavy (non-hydrogen) atoms. The van der Waals surface area contributed by atoms with Gasteiger partial charge in [-0.25, -0.2) is 4.42 Å². The normalized spacial score (nSPS) is 10.7. The van der Waals surface area contributed by atoms with Gasteiger partial charge >= 0.3 is 0 Å². The van der Waals surface area contributed by atoms with Crippen LogP contribution in [0.5, 0.6) is 0 Å². The van der Waals surface area contributed by atoms with E-state index in [1.165, 1.54) is 4.88 Å². The van der Waals surface area contributed by atoms with Crippen molar-refractivity contribution in [3.8, 4) is 0 Å². The lowest BCUT2D eigenvalue weighted by Gasteiger charge is -2.07. The standard InChI is InChI=1S/C7H10ClNS/c1-2-9(8)6-7-4-3-5-10-7/h3-5H,2,6H2,1H3. The SMILES string of the molecule is CCN(Cl)Cc1cccs1. The largest absolute Gasteiger partial charge is 0.215 e. The van der Waals surface area contributed by atoms with Gasteiger partial charge in [0.05, 0.1) is 0 Å². The number of rotatable bonds is 3. The summed E-state index contributed by atoms with van der Waals surface area (Å²) in [5, 5.41) is 2.07. The van der Waals surface area contributed by atoms with Gasteiger partial charge in [-0.05, 0) is 23.2 Å². The molecule has 0 N–H and O–H groups in total. The Hall–Kier alpha value is -0.0500. The Balaban J connectivity index is 2.40. The van der Waals surface area contributed by atoms with Crippen molar-refractivity contribution in [3.05, 3.63) is 22.4 Å². The summed E-state index contributed by atoms with van der Waals surface area (Å²) in [5.41, 5.74) is 0. The van der Waals surface area contributed by atoms with E-state index >= 15 is 0 Å². The molecule has 0 aliphatic carbocycles. The summed E-state index contributed by atoms with van der Waals surface area (Å²) in [6, 6.07) is 4.14. The van der Waals surface area contributed by atoms with E-state index in [4.69, 9.17) is 11.8 Å². The van der Waals surface area contributed by atoms with Crippen LogP contribution in [0.2, 0.25) is 0 Å². The van der Waals surface area contributed by atoms with Gasteiger partial charge in [0.15, 0.2) is 0 Å². The summed E-state index contributed by atoms with van der Waals surface area (Å²) in [6.07, 6.45) is 0. The van der Waals surface area contributed by atoms with Crippen LogP contribution in [-0.2, 0) is 6.54 Å². The van der Waals surface area contributed by atoms with E-state index in [1.807, 2.05) is 13.0 Å². The van der Waals surface area contributed by atoms with Crippen LogP contribution < -0.4 is 0 Å². The van der Waals surface area contributed by atoms with E-state index in [0.717, 1.165) is 13.1 Å². The third-order valence-electron chi connectivity index (χ3n) is 1.25. The van der Waals surface area contributed by atoms with Crippen LogP contribution in [0.1, 0.15) is 11.8 Å². The second-order valence-electron chi connectivity index (χ2n) is 2.02. The molecular formula is C7H10ClNS. The molecule has 3 heteroatoms. The predicted octanol–water partition coefficient (Wildman–Crippen LogP) is 2.72. The van der Waals surface area contributed by atoms with Gasteiger partial charge in [-0.1, -0.05) is 13.0 Å². The molecule has 0 radical (unpaired) electrons. The van der Waals surface area contributed by atoms with Crippen LogP contribution in [0.3, 0.4) is 0 Å². The fraction of sp³-hybridized carbons (Fsp3) is 0.429. The van der Waals surface area contributed by atoms with Crippen LogP contribution >= 0.6 is 23.1 Å². The summed E-state index contributed by atoms with van der Waals surface area (Å²) in [4.78, 5) is 1.32. The van der Waals surface area contributed by atoms with Gasteiger partial charge in [-0.3, -0.25) is 0 Å². The fourth-order valence-corrected chi connectivity index (χ4v) is 1.60. The molecule has 0 bridgehead atoms. The Morgan fingerprint density at radius 2 is 2.50 bits per heavy atom. The molecule has 0 unspecified atom stereocenters. The van der Waals surface area contributed by atoms with Crippen LogP contribution in [-0.4, -0.2) is 11.0 Å². The first-order chi connectivity index (χ1) is 4.83. The van der Waals surface area contributed by atoms with E-state index in [1.54, 1.807) is 15.8 Å². The molecule has 0 aliphatic heterocycles. The van der Waals surface area contributed by atoms with Gasteiger partial charge in [0.25, 0.3) is 0 Å². The number of halogens is 1. The van der Waals surface area contributed by atoms with Gasteiger partial charge < -0.3 is 0 Å². The lowest BCUT2D eigenvalue weighted by Crippen LogP contribution is -2.08. The Labute approximate surface area is 70.3 Å². The first-order valence-electron chi connectivity index (χ1n) is 3.26. The van der Waals surface area contributed by atoms with E-state index in [9.17, 15) is 0 Å². The summed E-state index contributed by atoms with van der Waals surface area (Å²) in [5.74, 6) is 0. The van der Waals surface area contributed by atoms with Gasteiger partial charge in [-0.15, -0.1) is 11.3 Å². The summed E-state index contributed by atoms with van der Waals surface area (Å²) >= 11 is 7.54. The maximum Gasteiger partial charge on any atom is 0.0483 e. The Kier molecular flexibility index (Phi) is 3.19. The van der Waals surface area contributed by atoms with E-state index < -0.39 is 0 Å². The quantitative estimate of drug-likeness (QED) is 0.639. The minimum atomic E-state index is 0.857. The van der Waals surface area contributed by atoms with Gasteiger partial charge in [0.2, 0.25) is 0 Å². The van der Waals surface area contributed by atoms with Crippen LogP contribution in [0.4, 0.5) is 0 Å². The monoisotopic (exact) mass is 175 g/mol. The predicted molar refractivity (Wildman–Crippen MR) is 46.3 cm³/mol. The highest BCUT2D eigenvalue weighted by Gasteiger charge is 1.98. The number of nitrogens with zero attached hydrogens (tertiary/aromatic N) is 1. The molecule has 0 atom stereocenters.